The average Bonchev–Trinajstić information content (AvgIpc) is 1.64. The highest BCUT2D eigenvalue weighted by Gasteiger charge is 1.85. The Morgan fingerprint density at radius 3 is 2.75 bits per heavy atom. The quantitative estimate of drug-likeness (QED) is 0.485. The molecular weight excluding hydrogens is 215 g/mol. The number of aromatic nitrogens is 2. The van der Waals surface area contributed by atoms with Crippen LogP contribution in [0.25, 0.3) is 0 Å². The van der Waals surface area contributed by atoms with Crippen LogP contribution in [0.15, 0.2) is 12.3 Å². The van der Waals surface area contributed by atoms with Crippen molar-refractivity contribution in [2.24, 2.45) is 0 Å². The molecule has 1 aromatic rings. The molecule has 8 heavy (non-hydrogen) atoms. The first-order chi connectivity index (χ1) is 3.79. The summed E-state index contributed by atoms with van der Waals surface area (Å²) in [5.41, 5.74) is 0. The molecule has 1 rings (SSSR count). The molecule has 0 fully saturated rings. The molecule has 1 heterocycles. The molecule has 0 aliphatic rings. The number of halogens is 1. The summed E-state index contributed by atoms with van der Waals surface area (Å²) in [4.78, 5) is 7.75. The smallest absolute Gasteiger partial charge is 0.129 e. The molecule has 0 unspecified atom stereocenters. The van der Waals surface area contributed by atoms with Crippen molar-refractivity contribution in [3.63, 3.8) is 0 Å². The monoisotopic (exact) mass is 219 g/mol. The van der Waals surface area contributed by atoms with Gasteiger partial charge in [-0.3, -0.25) is 0 Å². The first kappa shape index (κ1) is 5.94. The molecular formula is C5H4IN2. The highest BCUT2D eigenvalue weighted by Crippen LogP contribution is 1.96. The third-order valence-electron chi connectivity index (χ3n) is 0.671. The molecule has 1 radical (unpaired) electrons. The van der Waals surface area contributed by atoms with Crippen molar-refractivity contribution in [2.75, 3.05) is 0 Å². The van der Waals surface area contributed by atoms with Gasteiger partial charge in [-0.25, -0.2) is 9.97 Å². The van der Waals surface area contributed by atoms with Crippen molar-refractivity contribution in [3.05, 3.63) is 28.7 Å². The fourth-order valence-electron chi connectivity index (χ4n) is 0.374. The van der Waals surface area contributed by atoms with Crippen LogP contribution in [0.4, 0.5) is 0 Å². The lowest BCUT2D eigenvalue weighted by atomic mass is 10.6. The van der Waals surface area contributed by atoms with Gasteiger partial charge in [0, 0.05) is 13.1 Å². The van der Waals surface area contributed by atoms with Crippen LogP contribution < -0.4 is 0 Å². The van der Waals surface area contributed by atoms with Gasteiger partial charge in [0.25, 0.3) is 0 Å². The predicted octanol–water partition coefficient (Wildman–Crippen LogP) is 1.26. The highest BCUT2D eigenvalue weighted by atomic mass is 127. The molecule has 0 spiro atoms. The third kappa shape index (κ3) is 1.40. The Hall–Kier alpha value is -0.190. The van der Waals surface area contributed by atoms with Crippen LogP contribution in [-0.2, 0) is 0 Å². The molecule has 3 heteroatoms. The van der Waals surface area contributed by atoms with E-state index in [0.29, 0.717) is 5.82 Å². The Balaban J connectivity index is 3.08. The second kappa shape index (κ2) is 2.39. The Labute approximate surface area is 61.5 Å². The zero-order valence-corrected chi connectivity index (χ0v) is 6.29. The highest BCUT2D eigenvalue weighted by molar-refractivity contribution is 14.1. The van der Waals surface area contributed by atoms with E-state index >= 15 is 0 Å². The SMILES string of the molecule is [CH2]c1nccc(I)n1. The van der Waals surface area contributed by atoms with Gasteiger partial charge in [0.05, 0.1) is 0 Å². The van der Waals surface area contributed by atoms with Gasteiger partial charge in [-0.15, -0.1) is 0 Å². The van der Waals surface area contributed by atoms with Gasteiger partial charge in [-0.1, -0.05) is 0 Å². The number of rotatable bonds is 0. The zero-order valence-electron chi connectivity index (χ0n) is 4.13. The third-order valence-corrected chi connectivity index (χ3v) is 1.27. The maximum atomic E-state index is 3.94. The van der Waals surface area contributed by atoms with Gasteiger partial charge in [0.15, 0.2) is 0 Å². The predicted molar refractivity (Wildman–Crippen MR) is 39.2 cm³/mol. The van der Waals surface area contributed by atoms with Gasteiger partial charge in [0.1, 0.15) is 9.53 Å². The molecule has 0 aliphatic carbocycles. The van der Waals surface area contributed by atoms with Crippen molar-refractivity contribution in [1.82, 2.24) is 9.97 Å². The molecule has 0 saturated heterocycles. The van der Waals surface area contributed by atoms with E-state index in [0.717, 1.165) is 3.70 Å². The van der Waals surface area contributed by atoms with E-state index in [1.165, 1.54) is 0 Å². The second-order valence-corrected chi connectivity index (χ2v) is 2.40. The Kier molecular flexibility index (Phi) is 1.77. The van der Waals surface area contributed by atoms with Crippen LogP contribution in [0.2, 0.25) is 0 Å². The minimum Gasteiger partial charge on any atom is -0.241 e. The lowest BCUT2D eigenvalue weighted by molar-refractivity contribution is 1.08. The summed E-state index contributed by atoms with van der Waals surface area (Å²) >= 11 is 2.11. The summed E-state index contributed by atoms with van der Waals surface area (Å²) in [6.45, 7) is 3.55. The molecule has 0 atom stereocenters. The van der Waals surface area contributed by atoms with Gasteiger partial charge in [-0.05, 0) is 28.7 Å². The van der Waals surface area contributed by atoms with Crippen LogP contribution in [0, 0.1) is 10.6 Å². The maximum Gasteiger partial charge on any atom is 0.129 e. The van der Waals surface area contributed by atoms with Crippen molar-refractivity contribution in [1.29, 1.82) is 0 Å². The lowest BCUT2D eigenvalue weighted by Crippen LogP contribution is -1.86. The van der Waals surface area contributed by atoms with Crippen molar-refractivity contribution in [3.8, 4) is 0 Å². The summed E-state index contributed by atoms with van der Waals surface area (Å²) in [7, 11) is 0. The molecule has 0 aliphatic heterocycles. The van der Waals surface area contributed by atoms with Crippen molar-refractivity contribution >= 4 is 22.6 Å². The number of nitrogens with zero attached hydrogens (tertiary/aromatic N) is 2. The van der Waals surface area contributed by atoms with Crippen LogP contribution in [-0.4, -0.2) is 9.97 Å². The Morgan fingerprint density at radius 2 is 2.38 bits per heavy atom. The fraction of sp³-hybridized carbons (Fsp3) is 0. The Morgan fingerprint density at radius 1 is 1.62 bits per heavy atom. The maximum absolute atomic E-state index is 3.94. The molecule has 0 saturated carbocycles. The second-order valence-electron chi connectivity index (χ2n) is 1.30. The minimum absolute atomic E-state index is 0.580. The van der Waals surface area contributed by atoms with Crippen LogP contribution in [0.1, 0.15) is 5.82 Å². The molecule has 0 aromatic carbocycles. The van der Waals surface area contributed by atoms with E-state index < -0.39 is 0 Å². The minimum atomic E-state index is 0.580. The molecule has 0 N–H and O–H groups in total. The van der Waals surface area contributed by atoms with E-state index in [1.807, 2.05) is 6.07 Å². The zero-order chi connectivity index (χ0) is 5.98. The van der Waals surface area contributed by atoms with Crippen molar-refractivity contribution < 1.29 is 0 Å². The number of hydrogen-bond acceptors (Lipinski definition) is 2. The number of hydrogen-bond donors (Lipinski definition) is 0. The van der Waals surface area contributed by atoms with E-state index in [2.05, 4.69) is 39.5 Å². The lowest BCUT2D eigenvalue weighted by Gasteiger charge is -1.87. The summed E-state index contributed by atoms with van der Waals surface area (Å²) in [6.07, 6.45) is 1.69. The fourth-order valence-corrected chi connectivity index (χ4v) is 0.813. The van der Waals surface area contributed by atoms with Crippen LogP contribution in [0.5, 0.6) is 0 Å². The van der Waals surface area contributed by atoms with Gasteiger partial charge < -0.3 is 0 Å². The average molecular weight is 219 g/mol. The van der Waals surface area contributed by atoms with E-state index in [-0.39, 0.29) is 0 Å². The molecule has 0 amide bonds. The normalized spacial score (nSPS) is 9.25. The van der Waals surface area contributed by atoms with E-state index in [9.17, 15) is 0 Å². The topological polar surface area (TPSA) is 25.8 Å². The van der Waals surface area contributed by atoms with Gasteiger partial charge >= 0.3 is 0 Å². The van der Waals surface area contributed by atoms with Gasteiger partial charge in [0.2, 0.25) is 0 Å². The van der Waals surface area contributed by atoms with Crippen LogP contribution in [0.3, 0.4) is 0 Å². The first-order valence-corrected chi connectivity index (χ1v) is 3.17. The van der Waals surface area contributed by atoms with Crippen molar-refractivity contribution in [2.45, 2.75) is 0 Å². The first-order valence-electron chi connectivity index (χ1n) is 2.09. The summed E-state index contributed by atoms with van der Waals surface area (Å²) in [6, 6.07) is 1.83. The van der Waals surface area contributed by atoms with E-state index in [1.54, 1.807) is 6.20 Å². The summed E-state index contributed by atoms with van der Waals surface area (Å²) in [5, 5.41) is 0. The Bertz CT molecular complexity index is 170. The van der Waals surface area contributed by atoms with Crippen LogP contribution >= 0.6 is 22.6 Å². The standard InChI is InChI=1S/C5H4IN2/c1-4-7-3-2-5(6)8-4/h2-3H,1H2. The molecule has 41 valence electrons. The molecule has 2 nitrogen and oxygen atoms in total. The van der Waals surface area contributed by atoms with Gasteiger partial charge in [-0.2, -0.15) is 0 Å². The summed E-state index contributed by atoms with van der Waals surface area (Å²) < 4.78 is 0.933. The summed E-state index contributed by atoms with van der Waals surface area (Å²) in [5.74, 6) is 0.580. The largest absolute Gasteiger partial charge is 0.241 e. The molecule has 0 bridgehead atoms. The van der Waals surface area contributed by atoms with E-state index in [4.69, 9.17) is 0 Å². The molecule has 1 aromatic heterocycles.